The zero-order chi connectivity index (χ0) is 22.4. The molecule has 3 aromatic rings. The van der Waals surface area contributed by atoms with Gasteiger partial charge in [-0.15, -0.1) is 0 Å². The highest BCUT2D eigenvalue weighted by molar-refractivity contribution is 5.86. The van der Waals surface area contributed by atoms with Crippen molar-refractivity contribution in [2.75, 3.05) is 13.7 Å². The summed E-state index contributed by atoms with van der Waals surface area (Å²) >= 11 is 0. The molecule has 1 unspecified atom stereocenters. The van der Waals surface area contributed by atoms with Crippen LogP contribution in [-0.4, -0.2) is 25.8 Å². The molecule has 0 spiro atoms. The Morgan fingerprint density at radius 3 is 2.52 bits per heavy atom. The van der Waals surface area contributed by atoms with Gasteiger partial charge in [0.2, 0.25) is 5.91 Å². The van der Waals surface area contributed by atoms with Crippen molar-refractivity contribution in [1.29, 1.82) is 0 Å². The standard InChI is InChI=1S/C24H24F3NO3/c1-16(19-9-5-7-18-6-3-4-8-20(18)19)28-23(29)13-11-17-10-12-21(22(14-17)30-2)31-15-24(25,26)27/h3-10,12,14,16H,11,13,15H2,1-2H3,(H,28,29). The van der Waals surface area contributed by atoms with Gasteiger partial charge < -0.3 is 14.8 Å². The van der Waals surface area contributed by atoms with Crippen molar-refractivity contribution < 1.29 is 27.4 Å². The molecule has 0 bridgehead atoms. The minimum atomic E-state index is -4.43. The van der Waals surface area contributed by atoms with Gasteiger partial charge in [0.05, 0.1) is 13.2 Å². The van der Waals surface area contributed by atoms with Gasteiger partial charge in [0, 0.05) is 6.42 Å². The lowest BCUT2D eigenvalue weighted by atomic mass is 9.99. The van der Waals surface area contributed by atoms with Crippen molar-refractivity contribution in [3.8, 4) is 11.5 Å². The number of hydrogen-bond donors (Lipinski definition) is 1. The second-order valence-corrected chi connectivity index (χ2v) is 7.25. The molecule has 0 fully saturated rings. The van der Waals surface area contributed by atoms with Gasteiger partial charge >= 0.3 is 6.18 Å². The molecule has 0 saturated carbocycles. The minimum Gasteiger partial charge on any atom is -0.493 e. The molecule has 0 saturated heterocycles. The van der Waals surface area contributed by atoms with E-state index in [9.17, 15) is 18.0 Å². The van der Waals surface area contributed by atoms with Crippen molar-refractivity contribution >= 4 is 16.7 Å². The number of alkyl halides is 3. The number of nitrogens with one attached hydrogen (secondary N) is 1. The summed E-state index contributed by atoms with van der Waals surface area (Å²) in [6, 6.07) is 18.5. The van der Waals surface area contributed by atoms with Crippen LogP contribution in [-0.2, 0) is 11.2 Å². The van der Waals surface area contributed by atoms with E-state index in [1.807, 2.05) is 49.4 Å². The molecule has 4 nitrogen and oxygen atoms in total. The van der Waals surface area contributed by atoms with Crippen LogP contribution in [0.1, 0.15) is 30.5 Å². The fourth-order valence-electron chi connectivity index (χ4n) is 3.42. The average Bonchev–Trinajstić information content (AvgIpc) is 2.75. The number of aryl methyl sites for hydroxylation is 1. The number of rotatable bonds is 8. The molecular formula is C24H24F3NO3. The van der Waals surface area contributed by atoms with Gasteiger partial charge in [-0.1, -0.05) is 48.5 Å². The number of hydrogen-bond acceptors (Lipinski definition) is 3. The molecule has 0 aliphatic rings. The number of halogens is 3. The van der Waals surface area contributed by atoms with Crippen molar-refractivity contribution in [3.63, 3.8) is 0 Å². The number of methoxy groups -OCH3 is 1. The lowest BCUT2D eigenvalue weighted by molar-refractivity contribution is -0.153. The quantitative estimate of drug-likeness (QED) is 0.505. The topological polar surface area (TPSA) is 47.6 Å². The van der Waals surface area contributed by atoms with Gasteiger partial charge in [-0.3, -0.25) is 4.79 Å². The molecular weight excluding hydrogens is 407 g/mol. The van der Waals surface area contributed by atoms with Crippen LogP contribution >= 0.6 is 0 Å². The molecule has 0 aliphatic heterocycles. The Morgan fingerprint density at radius 2 is 1.77 bits per heavy atom. The van der Waals surface area contributed by atoms with E-state index in [0.717, 1.165) is 21.9 Å². The zero-order valence-corrected chi connectivity index (χ0v) is 17.3. The van der Waals surface area contributed by atoms with E-state index in [4.69, 9.17) is 9.47 Å². The smallest absolute Gasteiger partial charge is 0.422 e. The second-order valence-electron chi connectivity index (χ2n) is 7.25. The molecule has 0 heterocycles. The number of carbonyl (C=O) groups is 1. The summed E-state index contributed by atoms with van der Waals surface area (Å²) in [6.07, 6.45) is -3.77. The molecule has 1 N–H and O–H groups in total. The van der Waals surface area contributed by atoms with Crippen LogP contribution in [0.5, 0.6) is 11.5 Å². The fourth-order valence-corrected chi connectivity index (χ4v) is 3.42. The van der Waals surface area contributed by atoms with Crippen molar-refractivity contribution in [3.05, 3.63) is 71.8 Å². The van der Waals surface area contributed by atoms with Crippen molar-refractivity contribution in [2.45, 2.75) is 32.0 Å². The van der Waals surface area contributed by atoms with E-state index in [2.05, 4.69) is 5.32 Å². The Kier molecular flexibility index (Phi) is 7.05. The van der Waals surface area contributed by atoms with E-state index in [-0.39, 0.29) is 29.9 Å². The highest BCUT2D eigenvalue weighted by Crippen LogP contribution is 2.30. The summed E-state index contributed by atoms with van der Waals surface area (Å²) in [5.74, 6) is 0.0979. The summed E-state index contributed by atoms with van der Waals surface area (Å²) in [5, 5.41) is 5.22. The van der Waals surface area contributed by atoms with Crippen molar-refractivity contribution in [1.82, 2.24) is 5.32 Å². The van der Waals surface area contributed by atoms with Gasteiger partial charge in [0.15, 0.2) is 18.1 Å². The monoisotopic (exact) mass is 431 g/mol. The maximum absolute atomic E-state index is 12.5. The number of ether oxygens (including phenoxy) is 2. The Hall–Kier alpha value is -3.22. The van der Waals surface area contributed by atoms with E-state index in [0.29, 0.717) is 6.42 Å². The first-order valence-electron chi connectivity index (χ1n) is 9.90. The maximum atomic E-state index is 12.5. The van der Waals surface area contributed by atoms with Crippen LogP contribution in [0.15, 0.2) is 60.7 Å². The van der Waals surface area contributed by atoms with Crippen LogP contribution in [0, 0.1) is 0 Å². The summed E-state index contributed by atoms with van der Waals surface area (Å²) in [6.45, 7) is 0.548. The third kappa shape index (κ3) is 6.13. The largest absolute Gasteiger partial charge is 0.493 e. The molecule has 1 amide bonds. The van der Waals surface area contributed by atoms with Gasteiger partial charge in [0.25, 0.3) is 0 Å². The molecule has 1 atom stereocenters. The third-order valence-corrected chi connectivity index (χ3v) is 4.93. The number of fused-ring (bicyclic) bond motifs is 1. The Labute approximate surface area is 179 Å². The molecule has 0 aliphatic carbocycles. The van der Waals surface area contributed by atoms with Crippen molar-refractivity contribution in [2.24, 2.45) is 0 Å². The van der Waals surface area contributed by atoms with Gasteiger partial charge in [0.1, 0.15) is 0 Å². The van der Waals surface area contributed by atoms with Gasteiger partial charge in [-0.05, 0) is 47.4 Å². The summed E-state index contributed by atoms with van der Waals surface area (Å²) in [5.41, 5.74) is 1.81. The molecule has 3 aromatic carbocycles. The molecule has 0 aromatic heterocycles. The first kappa shape index (κ1) is 22.5. The Balaban J connectivity index is 1.60. The predicted octanol–water partition coefficient (Wildman–Crippen LogP) is 5.60. The lowest BCUT2D eigenvalue weighted by Gasteiger charge is -2.17. The molecule has 31 heavy (non-hydrogen) atoms. The number of benzene rings is 3. The van der Waals surface area contributed by atoms with E-state index >= 15 is 0 Å². The minimum absolute atomic E-state index is 0.0117. The van der Waals surface area contributed by atoms with Crippen LogP contribution in [0.25, 0.3) is 10.8 Å². The highest BCUT2D eigenvalue weighted by atomic mass is 19.4. The molecule has 0 radical (unpaired) electrons. The maximum Gasteiger partial charge on any atom is 0.422 e. The molecule has 7 heteroatoms. The number of carbonyl (C=O) groups excluding carboxylic acids is 1. The van der Waals surface area contributed by atoms with Crippen LogP contribution in [0.2, 0.25) is 0 Å². The normalized spacial score (nSPS) is 12.4. The van der Waals surface area contributed by atoms with Gasteiger partial charge in [-0.25, -0.2) is 0 Å². The summed E-state index contributed by atoms with van der Waals surface area (Å²) in [7, 11) is 1.36. The lowest BCUT2D eigenvalue weighted by Crippen LogP contribution is -2.27. The Morgan fingerprint density at radius 1 is 1.03 bits per heavy atom. The number of amides is 1. The third-order valence-electron chi connectivity index (χ3n) is 4.93. The highest BCUT2D eigenvalue weighted by Gasteiger charge is 2.29. The van der Waals surface area contributed by atoms with E-state index < -0.39 is 12.8 Å². The Bertz CT molecular complexity index is 1040. The summed E-state index contributed by atoms with van der Waals surface area (Å²) in [4.78, 5) is 12.5. The van der Waals surface area contributed by atoms with E-state index in [1.54, 1.807) is 12.1 Å². The predicted molar refractivity (Wildman–Crippen MR) is 113 cm³/mol. The fraction of sp³-hybridized carbons (Fsp3) is 0.292. The SMILES string of the molecule is COc1cc(CCC(=O)NC(C)c2cccc3ccccc23)ccc1OCC(F)(F)F. The average molecular weight is 431 g/mol. The van der Waals surface area contributed by atoms with E-state index in [1.165, 1.54) is 13.2 Å². The molecule has 164 valence electrons. The van der Waals surface area contributed by atoms with Crippen LogP contribution in [0.4, 0.5) is 13.2 Å². The molecule has 3 rings (SSSR count). The second kappa shape index (κ2) is 9.73. The first-order chi connectivity index (χ1) is 14.8. The summed E-state index contributed by atoms with van der Waals surface area (Å²) < 4.78 is 47.0. The zero-order valence-electron chi connectivity index (χ0n) is 17.3. The van der Waals surface area contributed by atoms with Crippen LogP contribution < -0.4 is 14.8 Å². The van der Waals surface area contributed by atoms with Gasteiger partial charge in [-0.2, -0.15) is 13.2 Å². The first-order valence-corrected chi connectivity index (χ1v) is 9.90. The van der Waals surface area contributed by atoms with Crippen LogP contribution in [0.3, 0.4) is 0 Å².